The molecular weight excluding hydrogens is 502 g/mol. The van der Waals surface area contributed by atoms with E-state index in [0.29, 0.717) is 17.9 Å². The lowest BCUT2D eigenvalue weighted by molar-refractivity contribution is -0.121. The molecule has 1 aliphatic rings. The molecule has 1 fully saturated rings. The Labute approximate surface area is 217 Å². The largest absolute Gasteiger partial charge is 0.495 e. The molecule has 37 heavy (non-hydrogen) atoms. The molecule has 1 aliphatic carbocycles. The Hall–Kier alpha value is -3.63. The molecule has 0 spiro atoms. The van der Waals surface area contributed by atoms with Gasteiger partial charge in [-0.2, -0.15) is 0 Å². The zero-order chi connectivity index (χ0) is 26.7. The standard InChI is InChI=1S/C26H28ClN3O7/c1-36-22-12-23(37-2)19(11-18(22)27)28-24(33)14-29-20-8-4-3-7-17(20)25(34)30(26(29)35)13-16(31)10-15-6-5-9-21(15)32/h3-4,7-8,11-12,15,21,32H,5-6,9-10,13-14H2,1-2H3,(H,28,33)/t15-,21+/m1/s1. The lowest BCUT2D eigenvalue weighted by Crippen LogP contribution is -2.43. The number of aliphatic hydroxyl groups is 1. The summed E-state index contributed by atoms with van der Waals surface area (Å²) >= 11 is 6.19. The van der Waals surface area contributed by atoms with Gasteiger partial charge >= 0.3 is 5.69 Å². The van der Waals surface area contributed by atoms with E-state index in [1.165, 1.54) is 26.4 Å². The van der Waals surface area contributed by atoms with Crippen LogP contribution in [0.1, 0.15) is 25.7 Å². The number of hydrogen-bond acceptors (Lipinski definition) is 7. The van der Waals surface area contributed by atoms with E-state index in [1.807, 2.05) is 0 Å². The number of benzene rings is 2. The molecule has 4 rings (SSSR count). The summed E-state index contributed by atoms with van der Waals surface area (Å²) in [5.74, 6) is -0.411. The van der Waals surface area contributed by atoms with Gasteiger partial charge in [-0.15, -0.1) is 0 Å². The van der Waals surface area contributed by atoms with E-state index < -0.39 is 36.3 Å². The minimum atomic E-state index is -0.779. The van der Waals surface area contributed by atoms with Crippen molar-refractivity contribution in [3.8, 4) is 11.5 Å². The number of carbonyl (C=O) groups is 2. The highest BCUT2D eigenvalue weighted by molar-refractivity contribution is 6.32. The first-order valence-electron chi connectivity index (χ1n) is 11.9. The molecule has 0 radical (unpaired) electrons. The van der Waals surface area contributed by atoms with Crippen LogP contribution in [0.5, 0.6) is 11.5 Å². The Kier molecular flexibility index (Phi) is 7.99. The van der Waals surface area contributed by atoms with Gasteiger partial charge in [-0.1, -0.05) is 30.2 Å². The molecule has 0 saturated heterocycles. The van der Waals surface area contributed by atoms with Crippen molar-refractivity contribution in [3.05, 3.63) is 62.3 Å². The Morgan fingerprint density at radius 1 is 1.05 bits per heavy atom. The van der Waals surface area contributed by atoms with E-state index in [9.17, 15) is 24.3 Å². The maximum atomic E-state index is 13.4. The third-order valence-electron chi connectivity index (χ3n) is 6.63. The van der Waals surface area contributed by atoms with Crippen LogP contribution in [-0.2, 0) is 22.7 Å². The SMILES string of the molecule is COc1cc(OC)c(NC(=O)Cn2c(=O)n(CC(=O)C[C@H]3CCC[C@@H]3O)c(=O)c3ccccc32)cc1Cl. The molecule has 0 bridgehead atoms. The van der Waals surface area contributed by atoms with Crippen molar-refractivity contribution in [1.29, 1.82) is 0 Å². The van der Waals surface area contributed by atoms with Gasteiger partial charge in [0, 0.05) is 12.5 Å². The quantitative estimate of drug-likeness (QED) is 0.436. The lowest BCUT2D eigenvalue weighted by atomic mass is 9.99. The van der Waals surface area contributed by atoms with Crippen molar-refractivity contribution in [1.82, 2.24) is 9.13 Å². The molecule has 3 aromatic rings. The summed E-state index contributed by atoms with van der Waals surface area (Å²) in [6, 6.07) is 9.39. The number of halogens is 1. The van der Waals surface area contributed by atoms with E-state index in [2.05, 4.69) is 5.32 Å². The lowest BCUT2D eigenvalue weighted by Gasteiger charge is -2.16. The first kappa shape index (κ1) is 26.4. The topological polar surface area (TPSA) is 129 Å². The number of carbonyl (C=O) groups excluding carboxylic acids is 2. The maximum Gasteiger partial charge on any atom is 0.332 e. The molecule has 2 aromatic carbocycles. The third kappa shape index (κ3) is 5.55. The number of para-hydroxylation sites is 1. The molecule has 2 atom stereocenters. The molecular formula is C26H28ClN3O7. The second kappa shape index (κ2) is 11.2. The Bertz CT molecular complexity index is 1460. The van der Waals surface area contributed by atoms with Crippen LogP contribution in [0.2, 0.25) is 5.02 Å². The fourth-order valence-corrected chi connectivity index (χ4v) is 4.98. The maximum absolute atomic E-state index is 13.4. The summed E-state index contributed by atoms with van der Waals surface area (Å²) in [6.45, 7) is -0.864. The highest BCUT2D eigenvalue weighted by Crippen LogP contribution is 2.36. The normalized spacial score (nSPS) is 17.1. The molecule has 0 aliphatic heterocycles. The zero-order valence-corrected chi connectivity index (χ0v) is 21.3. The molecule has 2 N–H and O–H groups in total. The van der Waals surface area contributed by atoms with Gasteiger partial charge < -0.3 is 19.9 Å². The molecule has 11 heteroatoms. The van der Waals surface area contributed by atoms with Crippen LogP contribution in [0.3, 0.4) is 0 Å². The number of nitrogens with zero attached hydrogens (tertiary/aromatic N) is 2. The summed E-state index contributed by atoms with van der Waals surface area (Å²) in [4.78, 5) is 52.2. The van der Waals surface area contributed by atoms with Crippen molar-refractivity contribution in [2.45, 2.75) is 44.9 Å². The van der Waals surface area contributed by atoms with E-state index in [0.717, 1.165) is 22.0 Å². The van der Waals surface area contributed by atoms with Crippen molar-refractivity contribution < 1.29 is 24.2 Å². The minimum Gasteiger partial charge on any atom is -0.495 e. The number of aromatic nitrogens is 2. The van der Waals surface area contributed by atoms with Crippen LogP contribution in [0.15, 0.2) is 46.0 Å². The van der Waals surface area contributed by atoms with Gasteiger partial charge in [-0.25, -0.2) is 4.79 Å². The number of methoxy groups -OCH3 is 2. The van der Waals surface area contributed by atoms with Crippen LogP contribution in [-0.4, -0.2) is 46.3 Å². The first-order chi connectivity index (χ1) is 17.7. The third-order valence-corrected chi connectivity index (χ3v) is 6.92. The number of amides is 1. The van der Waals surface area contributed by atoms with Gasteiger partial charge in [0.2, 0.25) is 5.91 Å². The molecule has 10 nitrogen and oxygen atoms in total. The molecule has 1 heterocycles. The number of nitrogens with one attached hydrogen (secondary N) is 1. The van der Waals surface area contributed by atoms with E-state index in [-0.39, 0.29) is 39.7 Å². The van der Waals surface area contributed by atoms with Crippen LogP contribution in [0, 0.1) is 5.92 Å². The highest BCUT2D eigenvalue weighted by atomic mass is 35.5. The zero-order valence-electron chi connectivity index (χ0n) is 20.5. The van der Waals surface area contributed by atoms with E-state index in [1.54, 1.807) is 24.3 Å². The first-order valence-corrected chi connectivity index (χ1v) is 12.2. The van der Waals surface area contributed by atoms with Crippen LogP contribution >= 0.6 is 11.6 Å². The number of ether oxygens (including phenoxy) is 2. The number of fused-ring (bicyclic) bond motifs is 1. The average molecular weight is 530 g/mol. The van der Waals surface area contributed by atoms with Gasteiger partial charge in [0.15, 0.2) is 5.78 Å². The summed E-state index contributed by atoms with van der Waals surface area (Å²) < 4.78 is 12.5. The Morgan fingerprint density at radius 2 is 1.78 bits per heavy atom. The Morgan fingerprint density at radius 3 is 2.46 bits per heavy atom. The second-order valence-corrected chi connectivity index (χ2v) is 9.42. The number of anilines is 1. The van der Waals surface area contributed by atoms with Crippen LogP contribution in [0.4, 0.5) is 5.69 Å². The van der Waals surface area contributed by atoms with Gasteiger partial charge in [0.1, 0.15) is 18.0 Å². The van der Waals surface area contributed by atoms with Gasteiger partial charge in [-0.3, -0.25) is 23.5 Å². The fraction of sp³-hybridized carbons (Fsp3) is 0.385. The summed E-state index contributed by atoms with van der Waals surface area (Å²) in [7, 11) is 2.87. The summed E-state index contributed by atoms with van der Waals surface area (Å²) in [5.41, 5.74) is -0.850. The summed E-state index contributed by atoms with van der Waals surface area (Å²) in [6.07, 6.45) is 1.73. The smallest absolute Gasteiger partial charge is 0.332 e. The van der Waals surface area contributed by atoms with Gasteiger partial charge in [-0.05, 0) is 37.0 Å². The second-order valence-electron chi connectivity index (χ2n) is 9.01. The summed E-state index contributed by atoms with van der Waals surface area (Å²) in [5, 5.41) is 13.2. The number of aliphatic hydroxyl groups excluding tert-OH is 1. The van der Waals surface area contributed by atoms with Crippen molar-refractivity contribution >= 4 is 39.9 Å². The average Bonchev–Trinajstić information content (AvgIpc) is 3.28. The van der Waals surface area contributed by atoms with Gasteiger partial charge in [0.05, 0.1) is 48.5 Å². The van der Waals surface area contributed by atoms with Crippen molar-refractivity contribution in [2.24, 2.45) is 5.92 Å². The van der Waals surface area contributed by atoms with Crippen molar-refractivity contribution in [2.75, 3.05) is 19.5 Å². The van der Waals surface area contributed by atoms with E-state index >= 15 is 0 Å². The highest BCUT2D eigenvalue weighted by Gasteiger charge is 2.28. The number of hydrogen-bond donors (Lipinski definition) is 2. The predicted molar refractivity (Wildman–Crippen MR) is 139 cm³/mol. The fourth-order valence-electron chi connectivity index (χ4n) is 4.74. The minimum absolute atomic E-state index is 0.0817. The predicted octanol–water partition coefficient (Wildman–Crippen LogP) is 2.59. The van der Waals surface area contributed by atoms with Crippen molar-refractivity contribution in [3.63, 3.8) is 0 Å². The molecule has 0 unspecified atom stereocenters. The molecule has 1 saturated carbocycles. The van der Waals surface area contributed by atoms with Gasteiger partial charge in [0.25, 0.3) is 5.56 Å². The Balaban J connectivity index is 1.65. The van der Waals surface area contributed by atoms with Crippen LogP contribution in [0.25, 0.3) is 10.9 Å². The number of Topliss-reactive ketones (excluding diaryl/α,β-unsaturated/α-hetero) is 1. The molecule has 196 valence electrons. The van der Waals surface area contributed by atoms with Crippen LogP contribution < -0.4 is 26.0 Å². The van der Waals surface area contributed by atoms with E-state index in [4.69, 9.17) is 21.1 Å². The molecule has 1 aromatic heterocycles. The number of ketones is 1. The number of rotatable bonds is 9. The molecule has 1 amide bonds. The monoisotopic (exact) mass is 529 g/mol.